The number of benzene rings is 1. The summed E-state index contributed by atoms with van der Waals surface area (Å²) in [5.41, 5.74) is 4.36. The molecule has 0 aliphatic rings. The smallest absolute Gasteiger partial charge is 0.0658 e. The first-order valence-electron chi connectivity index (χ1n) is 5.12. The second-order valence-corrected chi connectivity index (χ2v) is 4.43. The van der Waals surface area contributed by atoms with E-state index in [-0.39, 0.29) is 0 Å². The highest BCUT2D eigenvalue weighted by Gasteiger charge is 2.06. The second-order valence-electron chi connectivity index (χ2n) is 4.43. The van der Waals surface area contributed by atoms with Crippen LogP contribution in [0.15, 0.2) is 18.2 Å². The molecule has 0 heterocycles. The summed E-state index contributed by atoms with van der Waals surface area (Å²) in [6.07, 6.45) is 0. The Morgan fingerprint density at radius 2 is 1.77 bits per heavy atom. The Hall–Kier alpha value is -0.715. The molecule has 0 aromatic heterocycles. The van der Waals surface area contributed by atoms with E-state index in [0.717, 1.165) is 0 Å². The van der Waals surface area contributed by atoms with Crippen LogP contribution in [-0.2, 0) is 0 Å². The molecular weight excluding hydrogens is 155 g/mol. The van der Waals surface area contributed by atoms with E-state index < -0.39 is 0 Å². The molecule has 1 rings (SSSR count). The molecule has 1 aromatic carbocycles. The summed E-state index contributed by atoms with van der Waals surface area (Å²) in [6.45, 7) is 8.94. The molecule has 0 spiro atoms. The summed E-state index contributed by atoms with van der Waals surface area (Å²) in [7, 11) is 2.26. The van der Waals surface area contributed by atoms with Crippen molar-refractivity contribution in [2.45, 2.75) is 39.4 Å². The first-order valence-corrected chi connectivity index (χ1v) is 5.12. The Balaban J connectivity index is 3.11. The van der Waals surface area contributed by atoms with Gasteiger partial charge in [-0.2, -0.15) is 0 Å². The number of hydrogen-bond donors (Lipinski definition) is 0. The predicted octanol–water partition coefficient (Wildman–Crippen LogP) is 2.81. The van der Waals surface area contributed by atoms with E-state index in [0.29, 0.717) is 11.7 Å². The van der Waals surface area contributed by atoms with Gasteiger partial charge in [0, 0.05) is 0 Å². The highest BCUT2D eigenvalue weighted by molar-refractivity contribution is 6.12. The Labute approximate surface area is 82.8 Å². The topological polar surface area (TPSA) is 0 Å². The fraction of sp³-hybridized carbons (Fsp3) is 0.500. The van der Waals surface area contributed by atoms with Gasteiger partial charge in [-0.25, -0.2) is 0 Å². The Morgan fingerprint density at radius 1 is 1.15 bits per heavy atom. The van der Waals surface area contributed by atoms with Crippen LogP contribution in [0.25, 0.3) is 0 Å². The molecular formula is C12H19B. The SMILES string of the molecule is B[C@H](C)c1cc(C(C)C)ccc1C. The highest BCUT2D eigenvalue weighted by atomic mass is 14.1. The lowest BCUT2D eigenvalue weighted by Gasteiger charge is -2.13. The molecule has 1 heteroatoms. The van der Waals surface area contributed by atoms with E-state index in [1.54, 1.807) is 0 Å². The van der Waals surface area contributed by atoms with Gasteiger partial charge in [0.05, 0.1) is 0 Å². The maximum Gasteiger partial charge on any atom is 0.110 e. The molecule has 0 N–H and O–H groups in total. The zero-order chi connectivity index (χ0) is 10.0. The predicted molar refractivity (Wildman–Crippen MR) is 62.2 cm³/mol. The molecule has 0 nitrogen and oxygen atoms in total. The largest absolute Gasteiger partial charge is 0.110 e. The van der Waals surface area contributed by atoms with Crippen molar-refractivity contribution in [2.75, 3.05) is 0 Å². The van der Waals surface area contributed by atoms with Crippen LogP contribution in [0.4, 0.5) is 0 Å². The zero-order valence-corrected chi connectivity index (χ0v) is 9.39. The fourth-order valence-electron chi connectivity index (χ4n) is 1.64. The van der Waals surface area contributed by atoms with E-state index in [9.17, 15) is 0 Å². The molecule has 0 amide bonds. The van der Waals surface area contributed by atoms with Crippen LogP contribution in [0.5, 0.6) is 0 Å². The van der Waals surface area contributed by atoms with Crippen LogP contribution in [0.1, 0.15) is 49.2 Å². The maximum atomic E-state index is 2.35. The quantitative estimate of drug-likeness (QED) is 0.604. The van der Waals surface area contributed by atoms with E-state index >= 15 is 0 Å². The van der Waals surface area contributed by atoms with Gasteiger partial charge in [-0.15, -0.1) is 0 Å². The van der Waals surface area contributed by atoms with Crippen molar-refractivity contribution in [3.8, 4) is 0 Å². The number of hydrogen-bond acceptors (Lipinski definition) is 0. The van der Waals surface area contributed by atoms with Crippen molar-refractivity contribution in [3.63, 3.8) is 0 Å². The van der Waals surface area contributed by atoms with Gasteiger partial charge in [0.25, 0.3) is 0 Å². The molecule has 0 radical (unpaired) electrons. The minimum absolute atomic E-state index is 0.637. The van der Waals surface area contributed by atoms with Crippen LogP contribution in [0.3, 0.4) is 0 Å². The summed E-state index contributed by atoms with van der Waals surface area (Å²) in [5.74, 6) is 1.27. The van der Waals surface area contributed by atoms with Gasteiger partial charge in [0.15, 0.2) is 0 Å². The minimum Gasteiger partial charge on any atom is -0.0658 e. The summed E-state index contributed by atoms with van der Waals surface area (Å²) in [6, 6.07) is 6.83. The molecule has 0 saturated heterocycles. The van der Waals surface area contributed by atoms with Crippen LogP contribution < -0.4 is 0 Å². The van der Waals surface area contributed by atoms with Crippen LogP contribution in [0, 0.1) is 6.92 Å². The molecule has 1 atom stereocenters. The summed E-state index contributed by atoms with van der Waals surface area (Å²) in [4.78, 5) is 0. The lowest BCUT2D eigenvalue weighted by molar-refractivity contribution is 0.859. The van der Waals surface area contributed by atoms with Gasteiger partial charge in [-0.05, 0) is 35.3 Å². The van der Waals surface area contributed by atoms with Crippen LogP contribution >= 0.6 is 0 Å². The Bertz CT molecular complexity index is 287. The van der Waals surface area contributed by atoms with Crippen molar-refractivity contribution in [1.82, 2.24) is 0 Å². The van der Waals surface area contributed by atoms with Gasteiger partial charge in [0.2, 0.25) is 0 Å². The van der Waals surface area contributed by atoms with Crippen molar-refractivity contribution in [2.24, 2.45) is 0 Å². The Kier molecular flexibility index (Phi) is 3.19. The van der Waals surface area contributed by atoms with Crippen LogP contribution in [0.2, 0.25) is 0 Å². The standard InChI is InChI=1S/C12H19B/c1-8(2)11-6-5-9(3)12(7-11)10(4)13/h5-8,10H,13H2,1-4H3/t10-/m1/s1. The van der Waals surface area contributed by atoms with E-state index in [1.807, 2.05) is 0 Å². The van der Waals surface area contributed by atoms with E-state index in [4.69, 9.17) is 0 Å². The number of aryl methyl sites for hydroxylation is 1. The Morgan fingerprint density at radius 3 is 2.23 bits per heavy atom. The highest BCUT2D eigenvalue weighted by Crippen LogP contribution is 2.22. The summed E-state index contributed by atoms with van der Waals surface area (Å²) in [5, 5.41) is 0. The third-order valence-electron chi connectivity index (χ3n) is 2.59. The molecule has 70 valence electrons. The molecule has 0 bridgehead atoms. The second kappa shape index (κ2) is 4.00. The monoisotopic (exact) mass is 174 g/mol. The molecule has 0 aliphatic carbocycles. The van der Waals surface area contributed by atoms with Gasteiger partial charge >= 0.3 is 0 Å². The van der Waals surface area contributed by atoms with Gasteiger partial charge in [0.1, 0.15) is 7.85 Å². The molecule has 0 aliphatic heterocycles. The lowest BCUT2D eigenvalue weighted by atomic mass is 9.79. The average Bonchev–Trinajstić information content (AvgIpc) is 2.04. The first-order chi connectivity index (χ1) is 6.02. The first kappa shape index (κ1) is 10.4. The van der Waals surface area contributed by atoms with Gasteiger partial charge in [-0.1, -0.05) is 39.0 Å². The molecule has 0 saturated carbocycles. The fourth-order valence-corrected chi connectivity index (χ4v) is 1.64. The van der Waals surface area contributed by atoms with E-state index in [2.05, 4.69) is 53.7 Å². The van der Waals surface area contributed by atoms with E-state index in [1.165, 1.54) is 16.7 Å². The van der Waals surface area contributed by atoms with Crippen molar-refractivity contribution in [3.05, 3.63) is 34.9 Å². The third-order valence-corrected chi connectivity index (χ3v) is 2.59. The number of rotatable bonds is 2. The van der Waals surface area contributed by atoms with Gasteiger partial charge in [-0.3, -0.25) is 0 Å². The van der Waals surface area contributed by atoms with Crippen molar-refractivity contribution >= 4 is 7.85 Å². The van der Waals surface area contributed by atoms with Crippen LogP contribution in [-0.4, -0.2) is 7.85 Å². The maximum absolute atomic E-state index is 2.35. The molecule has 0 fully saturated rings. The summed E-state index contributed by atoms with van der Waals surface area (Å²) < 4.78 is 0. The van der Waals surface area contributed by atoms with Crippen molar-refractivity contribution < 1.29 is 0 Å². The average molecular weight is 174 g/mol. The molecule has 1 aromatic rings. The minimum atomic E-state index is 0.637. The summed E-state index contributed by atoms with van der Waals surface area (Å²) >= 11 is 0. The lowest BCUT2D eigenvalue weighted by Crippen LogP contribution is -1.98. The third kappa shape index (κ3) is 2.36. The zero-order valence-electron chi connectivity index (χ0n) is 9.39. The normalized spacial score (nSPS) is 13.3. The van der Waals surface area contributed by atoms with Gasteiger partial charge < -0.3 is 0 Å². The molecule has 13 heavy (non-hydrogen) atoms. The molecule has 0 unspecified atom stereocenters. The van der Waals surface area contributed by atoms with Crippen molar-refractivity contribution in [1.29, 1.82) is 0 Å².